The molecule has 0 saturated heterocycles. The second kappa shape index (κ2) is 2.87. The van der Waals surface area contributed by atoms with Gasteiger partial charge in [-0.15, -0.1) is 0 Å². The Balaban J connectivity index is 2.40. The Labute approximate surface area is 81.0 Å². The molecule has 1 saturated carbocycles. The summed E-state index contributed by atoms with van der Waals surface area (Å²) in [7, 11) is 0. The minimum atomic E-state index is 0.486. The van der Waals surface area contributed by atoms with Gasteiger partial charge in [0.05, 0.1) is 0 Å². The van der Waals surface area contributed by atoms with Crippen LogP contribution in [0.4, 0.5) is 0 Å². The Morgan fingerprint density at radius 2 is 2.15 bits per heavy atom. The van der Waals surface area contributed by atoms with Crippen molar-refractivity contribution in [1.29, 1.82) is 0 Å². The van der Waals surface area contributed by atoms with E-state index in [0.29, 0.717) is 5.41 Å². The molecule has 0 radical (unpaired) electrons. The number of hydrogen-bond donors (Lipinski definition) is 0. The lowest BCUT2D eigenvalue weighted by atomic mass is 9.90. The third kappa shape index (κ3) is 1.50. The summed E-state index contributed by atoms with van der Waals surface area (Å²) in [6, 6.07) is 0. The summed E-state index contributed by atoms with van der Waals surface area (Å²) in [6.45, 7) is 8.63. The summed E-state index contributed by atoms with van der Waals surface area (Å²) in [5, 5.41) is 0. The van der Waals surface area contributed by atoms with Crippen LogP contribution in [0.25, 0.3) is 0 Å². The van der Waals surface area contributed by atoms with Crippen LogP contribution in [-0.4, -0.2) is 0 Å². The zero-order valence-corrected chi connectivity index (χ0v) is 8.69. The molecule has 0 aromatic carbocycles. The van der Waals surface area contributed by atoms with Crippen LogP contribution in [0.3, 0.4) is 0 Å². The highest BCUT2D eigenvalue weighted by atomic mass is 14.4. The van der Waals surface area contributed by atoms with Crippen LogP contribution < -0.4 is 0 Å². The first-order chi connectivity index (χ1) is 6.12. The highest BCUT2D eigenvalue weighted by Crippen LogP contribution is 2.48. The van der Waals surface area contributed by atoms with Gasteiger partial charge in [0.2, 0.25) is 0 Å². The van der Waals surface area contributed by atoms with Gasteiger partial charge in [0, 0.05) is 0 Å². The number of hydrogen-bond acceptors (Lipinski definition) is 0. The predicted molar refractivity (Wildman–Crippen MR) is 57.6 cm³/mol. The Morgan fingerprint density at radius 1 is 1.38 bits per heavy atom. The van der Waals surface area contributed by atoms with Crippen LogP contribution in [0, 0.1) is 5.41 Å². The molecule has 0 aliphatic heterocycles. The van der Waals surface area contributed by atoms with E-state index < -0.39 is 0 Å². The van der Waals surface area contributed by atoms with Crippen LogP contribution in [0.2, 0.25) is 0 Å². The summed E-state index contributed by atoms with van der Waals surface area (Å²) in [5.41, 5.74) is 5.19. The molecule has 2 rings (SSSR count). The molecule has 0 N–H and O–H groups in total. The lowest BCUT2D eigenvalue weighted by Crippen LogP contribution is -2.02. The van der Waals surface area contributed by atoms with Crippen LogP contribution in [0.5, 0.6) is 0 Å². The van der Waals surface area contributed by atoms with Crippen molar-refractivity contribution in [2.75, 3.05) is 0 Å². The van der Waals surface area contributed by atoms with Crippen molar-refractivity contribution < 1.29 is 0 Å². The van der Waals surface area contributed by atoms with Crippen molar-refractivity contribution >= 4 is 0 Å². The summed E-state index contributed by atoms with van der Waals surface area (Å²) in [5.74, 6) is 0. The van der Waals surface area contributed by atoms with Gasteiger partial charge >= 0.3 is 0 Å². The molecule has 0 heterocycles. The average molecular weight is 174 g/mol. The topological polar surface area (TPSA) is 0 Å². The van der Waals surface area contributed by atoms with Gasteiger partial charge in [0.25, 0.3) is 0 Å². The maximum Gasteiger partial charge on any atom is -0.0219 e. The number of allylic oxidation sites excluding steroid dienone is 5. The molecule has 2 aliphatic carbocycles. The van der Waals surface area contributed by atoms with Gasteiger partial charge in [-0.2, -0.15) is 0 Å². The second-order valence-corrected chi connectivity index (χ2v) is 4.99. The molecular formula is C13H18. The van der Waals surface area contributed by atoms with E-state index in [0.717, 1.165) is 0 Å². The first kappa shape index (κ1) is 8.80. The van der Waals surface area contributed by atoms with Crippen LogP contribution in [0.15, 0.2) is 35.5 Å². The van der Waals surface area contributed by atoms with E-state index in [1.165, 1.54) is 31.3 Å². The molecule has 0 nitrogen and oxygen atoms in total. The van der Waals surface area contributed by atoms with E-state index in [-0.39, 0.29) is 0 Å². The van der Waals surface area contributed by atoms with E-state index in [9.17, 15) is 0 Å². The molecule has 0 atom stereocenters. The van der Waals surface area contributed by atoms with Crippen molar-refractivity contribution in [3.05, 3.63) is 35.5 Å². The van der Waals surface area contributed by atoms with Crippen LogP contribution in [0.1, 0.15) is 39.5 Å². The monoisotopic (exact) mass is 174 g/mol. The van der Waals surface area contributed by atoms with Gasteiger partial charge in [-0.3, -0.25) is 0 Å². The van der Waals surface area contributed by atoms with E-state index >= 15 is 0 Å². The zero-order valence-electron chi connectivity index (χ0n) is 8.69. The Bertz CT molecular complexity index is 300. The fourth-order valence-electron chi connectivity index (χ4n) is 2.57. The smallest absolute Gasteiger partial charge is 0.0219 e. The predicted octanol–water partition coefficient (Wildman–Crippen LogP) is 4.01. The summed E-state index contributed by atoms with van der Waals surface area (Å²) in [4.78, 5) is 0. The minimum absolute atomic E-state index is 0.486. The standard InChI is InChI=1S/C13H18/c1-4-10-6-5-7-11-8-13(2,3)9-12(10)11/h4,7H,1,5-6,8-9H2,2-3H3. The fraction of sp³-hybridized carbons (Fsp3) is 0.538. The van der Waals surface area contributed by atoms with E-state index in [2.05, 4.69) is 32.6 Å². The largest absolute Gasteiger partial charge is 0.0988 e. The Hall–Kier alpha value is -0.780. The second-order valence-electron chi connectivity index (χ2n) is 4.99. The molecule has 13 heavy (non-hydrogen) atoms. The third-order valence-electron chi connectivity index (χ3n) is 3.15. The van der Waals surface area contributed by atoms with E-state index in [1.807, 2.05) is 0 Å². The SMILES string of the molecule is C=CC1=C2CC(C)(C)CC2=CCC1. The summed E-state index contributed by atoms with van der Waals surface area (Å²) in [6.07, 6.45) is 9.43. The Kier molecular flexibility index (Phi) is 1.94. The van der Waals surface area contributed by atoms with Crippen molar-refractivity contribution in [3.63, 3.8) is 0 Å². The molecule has 0 heteroatoms. The number of rotatable bonds is 1. The molecule has 0 unspecified atom stereocenters. The molecule has 0 spiro atoms. The molecule has 70 valence electrons. The normalized spacial score (nSPS) is 25.5. The van der Waals surface area contributed by atoms with E-state index in [4.69, 9.17) is 0 Å². The molecular weight excluding hydrogens is 156 g/mol. The Morgan fingerprint density at radius 3 is 2.85 bits per heavy atom. The van der Waals surface area contributed by atoms with Gasteiger partial charge in [-0.05, 0) is 47.8 Å². The van der Waals surface area contributed by atoms with E-state index in [1.54, 1.807) is 11.1 Å². The molecule has 0 bridgehead atoms. The van der Waals surface area contributed by atoms with Crippen molar-refractivity contribution in [2.24, 2.45) is 5.41 Å². The molecule has 1 fully saturated rings. The zero-order chi connectivity index (χ0) is 9.47. The van der Waals surface area contributed by atoms with Crippen molar-refractivity contribution in [1.82, 2.24) is 0 Å². The average Bonchev–Trinajstić information content (AvgIpc) is 2.37. The van der Waals surface area contributed by atoms with Gasteiger partial charge < -0.3 is 0 Å². The number of fused-ring (bicyclic) bond motifs is 1. The van der Waals surface area contributed by atoms with Gasteiger partial charge in [-0.1, -0.05) is 32.6 Å². The first-order valence-electron chi connectivity index (χ1n) is 5.16. The van der Waals surface area contributed by atoms with Crippen molar-refractivity contribution in [2.45, 2.75) is 39.5 Å². The molecule has 2 aliphatic rings. The molecule has 0 aromatic rings. The molecule has 0 amide bonds. The quantitative estimate of drug-likeness (QED) is 0.563. The van der Waals surface area contributed by atoms with Gasteiger partial charge in [-0.25, -0.2) is 0 Å². The van der Waals surface area contributed by atoms with Gasteiger partial charge in [0.1, 0.15) is 0 Å². The lowest BCUT2D eigenvalue weighted by molar-refractivity contribution is 0.401. The fourth-order valence-corrected chi connectivity index (χ4v) is 2.57. The first-order valence-corrected chi connectivity index (χ1v) is 5.16. The minimum Gasteiger partial charge on any atom is -0.0988 e. The van der Waals surface area contributed by atoms with Crippen molar-refractivity contribution in [3.8, 4) is 0 Å². The lowest BCUT2D eigenvalue weighted by Gasteiger charge is -2.14. The maximum atomic E-state index is 3.91. The molecule has 0 aromatic heterocycles. The summed E-state index contributed by atoms with van der Waals surface area (Å²) >= 11 is 0. The highest BCUT2D eigenvalue weighted by molar-refractivity contribution is 5.46. The van der Waals surface area contributed by atoms with Crippen LogP contribution in [-0.2, 0) is 0 Å². The maximum absolute atomic E-state index is 3.91. The highest BCUT2D eigenvalue weighted by Gasteiger charge is 2.32. The van der Waals surface area contributed by atoms with Gasteiger partial charge in [0.15, 0.2) is 0 Å². The van der Waals surface area contributed by atoms with Crippen LogP contribution >= 0.6 is 0 Å². The summed E-state index contributed by atoms with van der Waals surface area (Å²) < 4.78 is 0. The third-order valence-corrected chi connectivity index (χ3v) is 3.15.